The molecule has 1 heterocycles. The Bertz CT molecular complexity index is 492. The van der Waals surface area contributed by atoms with Crippen LogP contribution in [0.5, 0.6) is 5.75 Å². The molecule has 4 nitrogen and oxygen atoms in total. The zero-order chi connectivity index (χ0) is 14.1. The molecule has 1 amide bonds. The summed E-state index contributed by atoms with van der Waals surface area (Å²) in [6, 6.07) is 5.85. The van der Waals surface area contributed by atoms with E-state index < -0.39 is 6.61 Å². The summed E-state index contributed by atoms with van der Waals surface area (Å²) in [5, 5.41) is 2.96. The van der Waals surface area contributed by atoms with Gasteiger partial charge in [0, 0.05) is 24.1 Å². The van der Waals surface area contributed by atoms with Gasteiger partial charge in [-0.2, -0.15) is 8.78 Å². The Morgan fingerprint density at radius 2 is 2.10 bits per heavy atom. The molecule has 2 aliphatic rings. The van der Waals surface area contributed by atoms with Gasteiger partial charge in [0.05, 0.1) is 6.10 Å². The summed E-state index contributed by atoms with van der Waals surface area (Å²) >= 11 is 0. The maximum absolute atomic E-state index is 12.0. The Hall–Kier alpha value is -1.69. The molecule has 1 saturated carbocycles. The number of alkyl halides is 2. The lowest BCUT2D eigenvalue weighted by Crippen LogP contribution is -2.53. The van der Waals surface area contributed by atoms with Crippen molar-refractivity contribution in [1.82, 2.24) is 5.32 Å². The first-order valence-corrected chi connectivity index (χ1v) is 6.61. The van der Waals surface area contributed by atoms with E-state index >= 15 is 0 Å². The second-order valence-electron chi connectivity index (χ2n) is 5.08. The summed E-state index contributed by atoms with van der Waals surface area (Å²) in [6.07, 6.45) is 2.13. The molecule has 20 heavy (non-hydrogen) atoms. The molecule has 3 atom stereocenters. The van der Waals surface area contributed by atoms with Crippen LogP contribution in [-0.4, -0.2) is 31.3 Å². The minimum Gasteiger partial charge on any atom is -0.435 e. The molecule has 0 aromatic heterocycles. The minimum atomic E-state index is -2.86. The predicted octanol–water partition coefficient (Wildman–Crippen LogP) is 2.20. The average Bonchev–Trinajstić information content (AvgIpc) is 2.77. The molecule has 6 heteroatoms. The van der Waals surface area contributed by atoms with Crippen molar-refractivity contribution in [3.05, 3.63) is 29.8 Å². The first-order chi connectivity index (χ1) is 9.63. The smallest absolute Gasteiger partial charge is 0.387 e. The van der Waals surface area contributed by atoms with E-state index in [2.05, 4.69) is 10.1 Å². The number of halogens is 2. The predicted molar refractivity (Wildman–Crippen MR) is 66.8 cm³/mol. The zero-order valence-corrected chi connectivity index (χ0v) is 10.7. The number of benzene rings is 1. The average molecular weight is 283 g/mol. The Morgan fingerprint density at radius 3 is 2.75 bits per heavy atom. The molecule has 1 saturated heterocycles. The first-order valence-electron chi connectivity index (χ1n) is 6.61. The number of hydrogen-bond donors (Lipinski definition) is 1. The van der Waals surface area contributed by atoms with Gasteiger partial charge in [0.25, 0.3) is 5.91 Å². The van der Waals surface area contributed by atoms with Crippen LogP contribution >= 0.6 is 0 Å². The van der Waals surface area contributed by atoms with E-state index in [0.29, 0.717) is 17.6 Å². The fourth-order valence-corrected chi connectivity index (χ4v) is 2.80. The molecule has 0 unspecified atom stereocenters. The third kappa shape index (κ3) is 2.60. The number of carbonyl (C=O) groups is 1. The number of fused-ring (bicyclic) bond motifs is 1. The van der Waals surface area contributed by atoms with Crippen molar-refractivity contribution < 1.29 is 23.0 Å². The van der Waals surface area contributed by atoms with Crippen LogP contribution in [0, 0.1) is 5.92 Å². The van der Waals surface area contributed by atoms with Gasteiger partial charge in [0.2, 0.25) is 0 Å². The molecule has 3 rings (SSSR count). The molecule has 1 N–H and O–H groups in total. The number of ether oxygens (including phenoxy) is 2. The van der Waals surface area contributed by atoms with Gasteiger partial charge in [0.15, 0.2) is 0 Å². The van der Waals surface area contributed by atoms with Crippen LogP contribution in [0.15, 0.2) is 24.3 Å². The largest absolute Gasteiger partial charge is 0.435 e. The summed E-state index contributed by atoms with van der Waals surface area (Å²) < 4.78 is 33.8. The summed E-state index contributed by atoms with van der Waals surface area (Å²) in [6.45, 7) is -2.09. The molecular formula is C14H15F2NO3. The molecule has 1 aliphatic heterocycles. The lowest BCUT2D eigenvalue weighted by Gasteiger charge is -2.39. The molecule has 1 aromatic carbocycles. The Kier molecular flexibility index (Phi) is 3.56. The number of nitrogens with one attached hydrogen (secondary N) is 1. The Balaban J connectivity index is 1.57. The second-order valence-corrected chi connectivity index (χ2v) is 5.08. The van der Waals surface area contributed by atoms with Crippen LogP contribution in [0.25, 0.3) is 0 Å². The van der Waals surface area contributed by atoms with Crippen molar-refractivity contribution in [2.45, 2.75) is 31.6 Å². The van der Waals surface area contributed by atoms with Crippen LogP contribution < -0.4 is 10.1 Å². The molecule has 2 fully saturated rings. The minimum absolute atomic E-state index is 0.0458. The SMILES string of the molecule is O=C(N[C@H]1C[C@@H]2OCC[C@H]12)c1ccc(OC(F)F)cc1. The third-order valence-corrected chi connectivity index (χ3v) is 3.92. The van der Waals surface area contributed by atoms with Crippen molar-refractivity contribution >= 4 is 5.91 Å². The van der Waals surface area contributed by atoms with Gasteiger partial charge >= 0.3 is 6.61 Å². The van der Waals surface area contributed by atoms with Gasteiger partial charge in [-0.3, -0.25) is 4.79 Å². The highest BCUT2D eigenvalue weighted by Crippen LogP contribution is 2.38. The number of carbonyl (C=O) groups excluding carboxylic acids is 1. The van der Waals surface area contributed by atoms with Crippen LogP contribution in [0.4, 0.5) is 8.78 Å². The molecule has 1 aromatic rings. The monoisotopic (exact) mass is 283 g/mol. The fraction of sp³-hybridized carbons (Fsp3) is 0.500. The lowest BCUT2D eigenvalue weighted by atomic mass is 9.76. The number of amides is 1. The summed E-state index contributed by atoms with van der Waals surface area (Å²) in [5.74, 6) is 0.272. The van der Waals surface area contributed by atoms with Crippen LogP contribution in [0.3, 0.4) is 0 Å². The fourth-order valence-electron chi connectivity index (χ4n) is 2.80. The van der Waals surface area contributed by atoms with Crippen molar-refractivity contribution in [2.24, 2.45) is 5.92 Å². The molecule has 108 valence electrons. The third-order valence-electron chi connectivity index (χ3n) is 3.92. The summed E-state index contributed by atoms with van der Waals surface area (Å²) in [7, 11) is 0. The van der Waals surface area contributed by atoms with Crippen LogP contribution in [0.1, 0.15) is 23.2 Å². The number of hydrogen-bond acceptors (Lipinski definition) is 3. The maximum Gasteiger partial charge on any atom is 0.387 e. The van der Waals surface area contributed by atoms with Crippen molar-refractivity contribution in [3.8, 4) is 5.75 Å². The van der Waals surface area contributed by atoms with E-state index in [1.54, 1.807) is 0 Å². The second kappa shape index (κ2) is 5.36. The molecule has 1 aliphatic carbocycles. The van der Waals surface area contributed by atoms with Crippen LogP contribution in [0.2, 0.25) is 0 Å². The number of rotatable bonds is 4. The van der Waals surface area contributed by atoms with Gasteiger partial charge < -0.3 is 14.8 Å². The van der Waals surface area contributed by atoms with Gasteiger partial charge in [-0.1, -0.05) is 0 Å². The standard InChI is InChI=1S/C14H15F2NO3/c15-14(16)20-9-3-1-8(2-4-9)13(18)17-11-7-12-10(11)5-6-19-12/h1-4,10-12,14H,5-7H2,(H,17,18)/t10-,11+,12+/m1/s1. The van der Waals surface area contributed by atoms with Gasteiger partial charge in [-0.15, -0.1) is 0 Å². The van der Waals surface area contributed by atoms with E-state index in [1.165, 1.54) is 24.3 Å². The maximum atomic E-state index is 12.0. The summed E-state index contributed by atoms with van der Waals surface area (Å²) in [5.41, 5.74) is 0.439. The highest BCUT2D eigenvalue weighted by atomic mass is 19.3. The lowest BCUT2D eigenvalue weighted by molar-refractivity contribution is -0.0498. The molecule has 0 bridgehead atoms. The van der Waals surface area contributed by atoms with E-state index in [-0.39, 0.29) is 17.7 Å². The van der Waals surface area contributed by atoms with E-state index in [1.807, 2.05) is 0 Å². The van der Waals surface area contributed by atoms with Gasteiger partial charge in [-0.25, -0.2) is 0 Å². The van der Waals surface area contributed by atoms with Crippen LogP contribution in [-0.2, 0) is 4.74 Å². The first kappa shape index (κ1) is 13.3. The molecular weight excluding hydrogens is 268 g/mol. The molecule has 0 radical (unpaired) electrons. The van der Waals surface area contributed by atoms with Crippen molar-refractivity contribution in [2.75, 3.05) is 6.61 Å². The van der Waals surface area contributed by atoms with Gasteiger partial charge in [-0.05, 0) is 37.1 Å². The highest BCUT2D eigenvalue weighted by molar-refractivity contribution is 5.94. The van der Waals surface area contributed by atoms with Crippen molar-refractivity contribution in [3.63, 3.8) is 0 Å². The normalized spacial score (nSPS) is 27.9. The van der Waals surface area contributed by atoms with E-state index in [4.69, 9.17) is 4.74 Å². The quantitative estimate of drug-likeness (QED) is 0.921. The van der Waals surface area contributed by atoms with E-state index in [0.717, 1.165) is 19.4 Å². The topological polar surface area (TPSA) is 47.6 Å². The zero-order valence-electron chi connectivity index (χ0n) is 10.7. The van der Waals surface area contributed by atoms with E-state index in [9.17, 15) is 13.6 Å². The molecule has 0 spiro atoms. The summed E-state index contributed by atoms with van der Waals surface area (Å²) in [4.78, 5) is 12.0. The highest BCUT2D eigenvalue weighted by Gasteiger charge is 2.45. The Morgan fingerprint density at radius 1 is 1.35 bits per heavy atom. The van der Waals surface area contributed by atoms with Gasteiger partial charge in [0.1, 0.15) is 5.75 Å². The Labute approximate surface area is 115 Å². The van der Waals surface area contributed by atoms with Crippen molar-refractivity contribution in [1.29, 1.82) is 0 Å².